The van der Waals surface area contributed by atoms with Gasteiger partial charge in [-0.1, -0.05) is 12.1 Å². The third-order valence-corrected chi connectivity index (χ3v) is 3.81. The molecule has 2 rings (SSSR count). The summed E-state index contributed by atoms with van der Waals surface area (Å²) in [5, 5.41) is 0. The monoisotopic (exact) mass is 414 g/mol. The lowest BCUT2D eigenvalue weighted by Crippen LogP contribution is -2.50. The number of halogens is 3. The molecular formula is C16H29Cl3N4O2. The van der Waals surface area contributed by atoms with E-state index in [0.717, 1.165) is 31.1 Å². The lowest BCUT2D eigenvalue weighted by Gasteiger charge is -2.36. The van der Waals surface area contributed by atoms with Gasteiger partial charge in [0, 0.05) is 32.7 Å². The van der Waals surface area contributed by atoms with E-state index < -0.39 is 0 Å². The molecule has 9 heteroatoms. The molecule has 0 radical (unpaired) electrons. The minimum atomic E-state index is 0. The second-order valence-electron chi connectivity index (χ2n) is 5.69. The predicted molar refractivity (Wildman–Crippen MR) is 110 cm³/mol. The topological polar surface area (TPSA) is 62.0 Å². The number of nitrogens with zero attached hydrogens (tertiary/aromatic N) is 3. The number of carbonyl (C=O) groups is 1. The first-order chi connectivity index (χ1) is 10.6. The van der Waals surface area contributed by atoms with Crippen molar-refractivity contribution >= 4 is 48.8 Å². The van der Waals surface area contributed by atoms with Crippen LogP contribution in [0.15, 0.2) is 24.3 Å². The van der Waals surface area contributed by atoms with Gasteiger partial charge in [-0.2, -0.15) is 0 Å². The van der Waals surface area contributed by atoms with Crippen LogP contribution in [0, 0.1) is 0 Å². The number of anilines is 1. The van der Waals surface area contributed by atoms with E-state index in [9.17, 15) is 4.79 Å². The zero-order chi connectivity index (χ0) is 15.9. The van der Waals surface area contributed by atoms with Gasteiger partial charge in [0.15, 0.2) is 0 Å². The number of carbonyl (C=O) groups excluding carboxylic acids is 1. The highest BCUT2D eigenvalue weighted by Gasteiger charge is 2.22. The molecule has 1 aliphatic rings. The summed E-state index contributed by atoms with van der Waals surface area (Å²) in [6, 6.07) is 8.09. The molecule has 1 aliphatic heterocycles. The van der Waals surface area contributed by atoms with Crippen LogP contribution in [0.5, 0.6) is 5.75 Å². The van der Waals surface area contributed by atoms with Crippen LogP contribution in [0.2, 0.25) is 0 Å². The second-order valence-corrected chi connectivity index (χ2v) is 5.69. The number of likely N-dealkylation sites (N-methyl/N-ethyl adjacent to an activating group) is 1. The number of ether oxygens (including phenoxy) is 1. The zero-order valence-electron chi connectivity index (χ0n) is 14.7. The number of rotatable bonds is 6. The van der Waals surface area contributed by atoms with Gasteiger partial charge < -0.3 is 25.2 Å². The van der Waals surface area contributed by atoms with Crippen molar-refractivity contribution in [2.75, 3.05) is 64.9 Å². The fourth-order valence-corrected chi connectivity index (χ4v) is 2.50. The number of para-hydroxylation sites is 2. The summed E-state index contributed by atoms with van der Waals surface area (Å²) in [6.07, 6.45) is 0. The lowest BCUT2D eigenvalue weighted by molar-refractivity contribution is -0.129. The van der Waals surface area contributed by atoms with Crippen molar-refractivity contribution in [1.29, 1.82) is 0 Å². The van der Waals surface area contributed by atoms with Crippen molar-refractivity contribution in [3.8, 4) is 5.75 Å². The maximum Gasteiger partial charge on any atom is 0.236 e. The third kappa shape index (κ3) is 7.88. The summed E-state index contributed by atoms with van der Waals surface area (Å²) in [7, 11) is 4.06. The zero-order valence-corrected chi connectivity index (χ0v) is 17.2. The summed E-state index contributed by atoms with van der Waals surface area (Å²) in [4.78, 5) is 17.8. The summed E-state index contributed by atoms with van der Waals surface area (Å²) in [5.74, 6) is 0.929. The van der Waals surface area contributed by atoms with Crippen LogP contribution in [-0.4, -0.2) is 75.7 Å². The Bertz CT molecular complexity index is 498. The van der Waals surface area contributed by atoms with Crippen LogP contribution in [0.25, 0.3) is 0 Å². The maximum absolute atomic E-state index is 11.6. The molecule has 0 saturated carbocycles. The van der Waals surface area contributed by atoms with E-state index >= 15 is 0 Å². The fraction of sp³-hybridized carbons (Fsp3) is 0.562. The quantitative estimate of drug-likeness (QED) is 0.763. The molecule has 2 N–H and O–H groups in total. The highest BCUT2D eigenvalue weighted by atomic mass is 35.5. The molecule has 146 valence electrons. The Hall–Kier alpha value is -0.920. The number of amides is 1. The molecule has 0 aromatic heterocycles. The molecule has 0 bridgehead atoms. The highest BCUT2D eigenvalue weighted by Crippen LogP contribution is 2.28. The van der Waals surface area contributed by atoms with Gasteiger partial charge in [-0.15, -0.1) is 37.2 Å². The first-order valence-corrected chi connectivity index (χ1v) is 7.71. The van der Waals surface area contributed by atoms with Crippen LogP contribution in [0.4, 0.5) is 5.69 Å². The summed E-state index contributed by atoms with van der Waals surface area (Å²) in [6.45, 7) is 4.66. The molecule has 1 aromatic carbocycles. The SMILES string of the molecule is CN(C)CCOc1ccccc1N1CCN(C(=O)CN)CC1.Cl.Cl.Cl. The standard InChI is InChI=1S/C16H26N4O2.3ClH/c1-18(2)11-12-22-15-6-4-3-5-14(15)19-7-9-20(10-8-19)16(21)13-17;;;/h3-6H,7-13,17H2,1-2H3;3*1H. The Labute approximate surface area is 168 Å². The Morgan fingerprint density at radius 2 is 1.72 bits per heavy atom. The van der Waals surface area contributed by atoms with Gasteiger partial charge in [0.25, 0.3) is 0 Å². The maximum atomic E-state index is 11.6. The molecule has 1 fully saturated rings. The Kier molecular flexibility index (Phi) is 14.0. The van der Waals surface area contributed by atoms with E-state index in [1.165, 1.54) is 0 Å². The van der Waals surface area contributed by atoms with Gasteiger partial charge in [-0.3, -0.25) is 4.79 Å². The van der Waals surface area contributed by atoms with Crippen molar-refractivity contribution in [2.45, 2.75) is 0 Å². The van der Waals surface area contributed by atoms with Crippen molar-refractivity contribution < 1.29 is 9.53 Å². The molecule has 1 amide bonds. The van der Waals surface area contributed by atoms with Gasteiger partial charge in [0.2, 0.25) is 5.91 Å². The lowest BCUT2D eigenvalue weighted by atomic mass is 10.2. The fourth-order valence-electron chi connectivity index (χ4n) is 2.50. The molecule has 0 atom stereocenters. The Balaban J connectivity index is 0. The van der Waals surface area contributed by atoms with Gasteiger partial charge in [0.1, 0.15) is 12.4 Å². The van der Waals surface area contributed by atoms with Gasteiger partial charge in [0.05, 0.1) is 12.2 Å². The van der Waals surface area contributed by atoms with E-state index in [1.54, 1.807) is 0 Å². The molecule has 6 nitrogen and oxygen atoms in total. The van der Waals surface area contributed by atoms with E-state index in [2.05, 4.69) is 15.9 Å². The molecule has 0 spiro atoms. The van der Waals surface area contributed by atoms with E-state index in [4.69, 9.17) is 10.5 Å². The average Bonchev–Trinajstić information content (AvgIpc) is 2.54. The minimum absolute atomic E-state index is 0. The average molecular weight is 416 g/mol. The second kappa shape index (κ2) is 13.3. The van der Waals surface area contributed by atoms with Crippen LogP contribution < -0.4 is 15.4 Å². The predicted octanol–water partition coefficient (Wildman–Crippen LogP) is 1.50. The molecular weight excluding hydrogens is 387 g/mol. The number of benzene rings is 1. The first kappa shape index (κ1) is 26.3. The van der Waals surface area contributed by atoms with Crippen LogP contribution in [0.3, 0.4) is 0 Å². The minimum Gasteiger partial charge on any atom is -0.490 e. The number of hydrogen-bond acceptors (Lipinski definition) is 5. The number of piperazine rings is 1. The summed E-state index contributed by atoms with van der Waals surface area (Å²) < 4.78 is 5.91. The number of hydrogen-bond donors (Lipinski definition) is 1. The van der Waals surface area contributed by atoms with Crippen molar-refractivity contribution in [3.05, 3.63) is 24.3 Å². The largest absolute Gasteiger partial charge is 0.490 e. The Morgan fingerprint density at radius 1 is 1.12 bits per heavy atom. The van der Waals surface area contributed by atoms with Crippen LogP contribution >= 0.6 is 37.2 Å². The summed E-state index contributed by atoms with van der Waals surface area (Å²) >= 11 is 0. The normalized spacial score (nSPS) is 13.4. The van der Waals surface area contributed by atoms with E-state index in [1.807, 2.05) is 37.2 Å². The van der Waals surface area contributed by atoms with Crippen molar-refractivity contribution in [2.24, 2.45) is 5.73 Å². The molecule has 0 aliphatic carbocycles. The van der Waals surface area contributed by atoms with Crippen molar-refractivity contribution in [3.63, 3.8) is 0 Å². The van der Waals surface area contributed by atoms with Crippen molar-refractivity contribution in [1.82, 2.24) is 9.80 Å². The smallest absolute Gasteiger partial charge is 0.236 e. The van der Waals surface area contributed by atoms with Crippen LogP contribution in [0.1, 0.15) is 0 Å². The van der Waals surface area contributed by atoms with Gasteiger partial charge in [-0.25, -0.2) is 0 Å². The number of nitrogens with two attached hydrogens (primary N) is 1. The van der Waals surface area contributed by atoms with Gasteiger partial charge in [-0.05, 0) is 26.2 Å². The van der Waals surface area contributed by atoms with E-state index in [0.29, 0.717) is 19.7 Å². The molecule has 1 saturated heterocycles. The Morgan fingerprint density at radius 3 is 2.28 bits per heavy atom. The molecule has 1 heterocycles. The molecule has 25 heavy (non-hydrogen) atoms. The van der Waals surface area contributed by atoms with E-state index in [-0.39, 0.29) is 49.7 Å². The third-order valence-electron chi connectivity index (χ3n) is 3.81. The first-order valence-electron chi connectivity index (χ1n) is 7.71. The van der Waals surface area contributed by atoms with Crippen LogP contribution in [-0.2, 0) is 4.79 Å². The molecule has 1 aromatic rings. The summed E-state index contributed by atoms with van der Waals surface area (Å²) in [5.41, 5.74) is 6.52. The molecule has 0 unspecified atom stereocenters. The van der Waals surface area contributed by atoms with Gasteiger partial charge >= 0.3 is 0 Å². The highest BCUT2D eigenvalue weighted by molar-refractivity contribution is 5.86.